The van der Waals surface area contributed by atoms with Crippen molar-refractivity contribution >= 4 is 101 Å². The van der Waals surface area contributed by atoms with Crippen molar-refractivity contribution in [3.63, 3.8) is 0 Å². The standard InChI is InChI=1S/C65H47N3Si2/c1-7-25-50(26-8-1)69(51-27-9-2-10-28-51,52-29-11-3-12-30-52)56-37-21-23-48(45-56)67-61-40-20-19-39-59(61)64-63(67)42-41-58-60-47-66-44-43-62(60)68(65(58)64)49-24-22-38-57(46-49)70(53-31-13-4-14-32-53,54-33-15-5-16-34-54)55-35-17-6-18-36-55/h1-47H. The Morgan fingerprint density at radius 1 is 0.271 bits per heavy atom. The first-order valence-electron chi connectivity index (χ1n) is 24.1. The summed E-state index contributed by atoms with van der Waals surface area (Å²) in [5.41, 5.74) is 6.89. The van der Waals surface area contributed by atoms with Crippen molar-refractivity contribution < 1.29 is 0 Å². The van der Waals surface area contributed by atoms with Gasteiger partial charge in [-0.1, -0.05) is 231 Å². The topological polar surface area (TPSA) is 22.8 Å². The molecule has 13 aromatic rings. The Kier molecular flexibility index (Phi) is 10.2. The van der Waals surface area contributed by atoms with Gasteiger partial charge in [0.05, 0.1) is 22.1 Å². The molecule has 0 aliphatic heterocycles. The summed E-state index contributed by atoms with van der Waals surface area (Å²) < 4.78 is 5.02. The zero-order valence-electron chi connectivity index (χ0n) is 38.5. The molecule has 5 heteroatoms. The average Bonchev–Trinajstić information content (AvgIpc) is 3.97. The van der Waals surface area contributed by atoms with Crippen LogP contribution in [0.25, 0.3) is 55.0 Å². The van der Waals surface area contributed by atoms with Crippen molar-refractivity contribution in [2.75, 3.05) is 0 Å². The molecule has 0 saturated heterocycles. The monoisotopic (exact) mass is 925 g/mol. The molecule has 0 amide bonds. The van der Waals surface area contributed by atoms with Crippen molar-refractivity contribution in [3.05, 3.63) is 285 Å². The van der Waals surface area contributed by atoms with Crippen molar-refractivity contribution in [2.24, 2.45) is 0 Å². The Morgan fingerprint density at radius 3 is 1.11 bits per heavy atom. The molecule has 3 aromatic heterocycles. The lowest BCUT2D eigenvalue weighted by molar-refractivity contribution is 1.17. The van der Waals surface area contributed by atoms with Crippen LogP contribution >= 0.6 is 0 Å². The van der Waals surface area contributed by atoms with Gasteiger partial charge in [0.15, 0.2) is 16.1 Å². The van der Waals surface area contributed by atoms with E-state index in [-0.39, 0.29) is 0 Å². The summed E-state index contributed by atoms with van der Waals surface area (Å²) in [5.74, 6) is 0. The zero-order chi connectivity index (χ0) is 46.5. The van der Waals surface area contributed by atoms with Crippen molar-refractivity contribution in [3.8, 4) is 11.4 Å². The van der Waals surface area contributed by atoms with Crippen LogP contribution in [0.1, 0.15) is 0 Å². The van der Waals surface area contributed by atoms with Crippen LogP contribution in [0.15, 0.2) is 285 Å². The van der Waals surface area contributed by atoms with E-state index in [4.69, 9.17) is 4.98 Å². The highest BCUT2D eigenvalue weighted by atomic mass is 28.3. The first-order chi connectivity index (χ1) is 34.8. The van der Waals surface area contributed by atoms with Crippen LogP contribution in [0.5, 0.6) is 0 Å². The van der Waals surface area contributed by atoms with E-state index in [1.165, 1.54) is 68.7 Å². The summed E-state index contributed by atoms with van der Waals surface area (Å²) in [6, 6.07) is 102. The second-order valence-electron chi connectivity index (χ2n) is 18.2. The van der Waals surface area contributed by atoms with Gasteiger partial charge < -0.3 is 9.13 Å². The highest BCUT2D eigenvalue weighted by molar-refractivity contribution is 7.20. The first-order valence-corrected chi connectivity index (χ1v) is 28.1. The molecule has 0 saturated carbocycles. The number of hydrogen-bond donors (Lipinski definition) is 0. The predicted molar refractivity (Wildman–Crippen MR) is 300 cm³/mol. The normalized spacial score (nSPS) is 12.0. The second-order valence-corrected chi connectivity index (χ2v) is 25.9. The van der Waals surface area contributed by atoms with E-state index in [0.29, 0.717) is 0 Å². The van der Waals surface area contributed by atoms with E-state index in [9.17, 15) is 0 Å². The molecule has 3 heterocycles. The lowest BCUT2D eigenvalue weighted by Gasteiger charge is -2.34. The fourth-order valence-corrected chi connectivity index (χ4v) is 21.4. The van der Waals surface area contributed by atoms with Crippen molar-refractivity contribution in [1.29, 1.82) is 0 Å². The van der Waals surface area contributed by atoms with Gasteiger partial charge in [-0.15, -0.1) is 0 Å². The molecule has 0 radical (unpaired) electrons. The minimum absolute atomic E-state index is 1.12. The number of hydrogen-bond acceptors (Lipinski definition) is 1. The van der Waals surface area contributed by atoms with Crippen LogP contribution < -0.4 is 41.5 Å². The number of fused-ring (bicyclic) bond motifs is 7. The van der Waals surface area contributed by atoms with E-state index in [2.05, 4.69) is 282 Å². The van der Waals surface area contributed by atoms with Crippen LogP contribution in [0, 0.1) is 0 Å². The van der Waals surface area contributed by atoms with Gasteiger partial charge in [-0.3, -0.25) is 4.98 Å². The summed E-state index contributed by atoms with van der Waals surface area (Å²) in [5, 5.41) is 15.5. The third-order valence-electron chi connectivity index (χ3n) is 14.7. The lowest BCUT2D eigenvalue weighted by atomic mass is 10.1. The number of pyridine rings is 1. The molecule has 0 bridgehead atoms. The van der Waals surface area contributed by atoms with E-state index in [1.54, 1.807) is 0 Å². The Bertz CT molecular complexity index is 3790. The molecular weight excluding hydrogens is 879 g/mol. The number of nitrogens with zero attached hydrogens (tertiary/aromatic N) is 3. The Hall–Kier alpha value is -8.62. The molecule has 0 aliphatic rings. The third-order valence-corrected chi connectivity index (χ3v) is 24.2. The van der Waals surface area contributed by atoms with Crippen LogP contribution in [0.4, 0.5) is 0 Å². The number of benzene rings is 10. The Morgan fingerprint density at radius 2 is 0.657 bits per heavy atom. The quantitative estimate of drug-likeness (QED) is 0.0990. The van der Waals surface area contributed by atoms with Gasteiger partial charge in [-0.2, -0.15) is 0 Å². The molecule has 330 valence electrons. The Labute approximate surface area is 409 Å². The van der Waals surface area contributed by atoms with Gasteiger partial charge in [0.1, 0.15) is 0 Å². The molecule has 70 heavy (non-hydrogen) atoms. The van der Waals surface area contributed by atoms with Crippen LogP contribution in [-0.2, 0) is 0 Å². The highest BCUT2D eigenvalue weighted by Crippen LogP contribution is 2.41. The molecule has 0 unspecified atom stereocenters. The van der Waals surface area contributed by atoms with Gasteiger partial charge >= 0.3 is 0 Å². The number of para-hydroxylation sites is 1. The minimum atomic E-state index is -2.84. The van der Waals surface area contributed by atoms with Crippen molar-refractivity contribution in [1.82, 2.24) is 14.1 Å². The highest BCUT2D eigenvalue weighted by Gasteiger charge is 2.43. The summed E-state index contributed by atoms with van der Waals surface area (Å²) in [6.07, 6.45) is 3.98. The Balaban J connectivity index is 1.09. The molecule has 0 atom stereocenters. The summed E-state index contributed by atoms with van der Waals surface area (Å²) in [4.78, 5) is 4.74. The maximum atomic E-state index is 4.74. The van der Waals surface area contributed by atoms with Gasteiger partial charge in [0, 0.05) is 45.3 Å². The van der Waals surface area contributed by atoms with Crippen LogP contribution in [-0.4, -0.2) is 30.3 Å². The number of rotatable bonds is 10. The second kappa shape index (κ2) is 17.2. The molecule has 0 fully saturated rings. The zero-order valence-corrected chi connectivity index (χ0v) is 40.5. The fourth-order valence-electron chi connectivity index (χ4n) is 11.8. The SMILES string of the molecule is c1ccc([Si](c2ccccc2)(c2ccccc2)c2cccc(-n3c4ccccc4c4c3ccc3c5cnccc5n(-c5cccc([Si](c6ccccc6)(c6ccccc6)c6ccccc6)c5)c34)c2)cc1. The molecular formula is C65H47N3Si2. The minimum Gasteiger partial charge on any atom is -0.309 e. The average molecular weight is 926 g/mol. The number of aromatic nitrogens is 3. The van der Waals surface area contributed by atoms with Gasteiger partial charge in [-0.25, -0.2) is 0 Å². The maximum Gasteiger partial charge on any atom is 0.179 e. The molecule has 10 aromatic carbocycles. The molecule has 3 nitrogen and oxygen atoms in total. The molecule has 0 aliphatic carbocycles. The summed E-state index contributed by atoms with van der Waals surface area (Å²) >= 11 is 0. The van der Waals surface area contributed by atoms with Crippen LogP contribution in [0.3, 0.4) is 0 Å². The maximum absolute atomic E-state index is 4.74. The molecule has 0 N–H and O–H groups in total. The van der Waals surface area contributed by atoms with E-state index >= 15 is 0 Å². The lowest BCUT2D eigenvalue weighted by Crippen LogP contribution is -2.74. The predicted octanol–water partition coefficient (Wildman–Crippen LogP) is 10.0. The van der Waals surface area contributed by atoms with Gasteiger partial charge in [0.2, 0.25) is 0 Å². The summed E-state index contributed by atoms with van der Waals surface area (Å²) in [7, 11) is -5.65. The molecule has 0 spiro atoms. The third kappa shape index (κ3) is 6.36. The van der Waals surface area contributed by atoms with Gasteiger partial charge in [0.25, 0.3) is 0 Å². The molecule has 13 rings (SSSR count). The van der Waals surface area contributed by atoms with Gasteiger partial charge in [-0.05, 0) is 84.0 Å². The smallest absolute Gasteiger partial charge is 0.179 e. The van der Waals surface area contributed by atoms with E-state index in [1.807, 2.05) is 12.4 Å². The largest absolute Gasteiger partial charge is 0.309 e. The fraction of sp³-hybridized carbons (Fsp3) is 0. The van der Waals surface area contributed by atoms with E-state index < -0.39 is 16.1 Å². The first kappa shape index (κ1) is 41.6. The van der Waals surface area contributed by atoms with Crippen molar-refractivity contribution in [2.45, 2.75) is 0 Å². The summed E-state index contributed by atoms with van der Waals surface area (Å²) in [6.45, 7) is 0. The van der Waals surface area contributed by atoms with E-state index in [0.717, 1.165) is 27.8 Å². The van der Waals surface area contributed by atoms with Crippen LogP contribution in [0.2, 0.25) is 0 Å².